The summed E-state index contributed by atoms with van der Waals surface area (Å²) in [4.78, 5) is 0. The third kappa shape index (κ3) is 1.94. The summed E-state index contributed by atoms with van der Waals surface area (Å²) in [6.07, 6.45) is 6.91. The van der Waals surface area contributed by atoms with Gasteiger partial charge in [0, 0.05) is 29.8 Å². The molecule has 1 spiro atoms. The van der Waals surface area contributed by atoms with Gasteiger partial charge in [0.2, 0.25) is 0 Å². The van der Waals surface area contributed by atoms with Crippen molar-refractivity contribution < 1.29 is 9.15 Å². The Balaban J connectivity index is 1.63. The summed E-state index contributed by atoms with van der Waals surface area (Å²) >= 11 is 6.22. The summed E-state index contributed by atoms with van der Waals surface area (Å²) in [7, 11) is 0. The zero-order valence-corrected chi connectivity index (χ0v) is 13.4. The largest absolute Gasteiger partial charge is 0.466 e. The summed E-state index contributed by atoms with van der Waals surface area (Å²) in [6, 6.07) is 9.97. The maximum absolute atomic E-state index is 6.44. The highest BCUT2D eigenvalue weighted by atomic mass is 35.5. The van der Waals surface area contributed by atoms with Crippen LogP contribution < -0.4 is 4.74 Å². The van der Waals surface area contributed by atoms with Crippen LogP contribution in [0.25, 0.3) is 0 Å². The molecule has 4 nitrogen and oxygen atoms in total. The molecule has 5 rings (SSSR count). The molecule has 0 N–H and O–H groups in total. The first-order chi connectivity index (χ1) is 11.3. The van der Waals surface area contributed by atoms with Crippen LogP contribution in [0.3, 0.4) is 0 Å². The highest BCUT2D eigenvalue weighted by Gasteiger charge is 2.52. The highest BCUT2D eigenvalue weighted by Crippen LogP contribution is 2.52. The van der Waals surface area contributed by atoms with Crippen molar-refractivity contribution in [3.8, 4) is 5.75 Å². The molecular formula is C18H17ClN2O2. The van der Waals surface area contributed by atoms with E-state index in [4.69, 9.17) is 25.9 Å². The number of nitrogens with zero attached hydrogens (tertiary/aromatic N) is 2. The summed E-state index contributed by atoms with van der Waals surface area (Å²) < 4.78 is 12.0. The lowest BCUT2D eigenvalue weighted by Gasteiger charge is -2.45. The van der Waals surface area contributed by atoms with Gasteiger partial charge in [0.25, 0.3) is 0 Å². The minimum absolute atomic E-state index is 0.177. The van der Waals surface area contributed by atoms with E-state index >= 15 is 0 Å². The van der Waals surface area contributed by atoms with E-state index in [-0.39, 0.29) is 11.8 Å². The van der Waals surface area contributed by atoms with Crippen LogP contribution in [0.4, 0.5) is 0 Å². The van der Waals surface area contributed by atoms with Crippen LogP contribution in [0.2, 0.25) is 5.02 Å². The van der Waals surface area contributed by atoms with Crippen LogP contribution in [0, 0.1) is 0 Å². The van der Waals surface area contributed by atoms with Crippen molar-refractivity contribution in [3.63, 3.8) is 0 Å². The fourth-order valence-corrected chi connectivity index (χ4v) is 4.28. The Labute approximate surface area is 139 Å². The number of hydrazone groups is 1. The van der Waals surface area contributed by atoms with Crippen molar-refractivity contribution >= 4 is 17.3 Å². The van der Waals surface area contributed by atoms with Gasteiger partial charge in [0.05, 0.1) is 12.3 Å². The highest BCUT2D eigenvalue weighted by molar-refractivity contribution is 6.30. The molecule has 1 fully saturated rings. The molecule has 0 saturated heterocycles. The molecular weight excluding hydrogens is 312 g/mol. The lowest BCUT2D eigenvalue weighted by Crippen LogP contribution is -2.51. The van der Waals surface area contributed by atoms with E-state index in [1.165, 1.54) is 12.8 Å². The van der Waals surface area contributed by atoms with Gasteiger partial charge in [-0.05, 0) is 43.2 Å². The molecule has 1 atom stereocenters. The van der Waals surface area contributed by atoms with Crippen molar-refractivity contribution in [1.82, 2.24) is 5.01 Å². The van der Waals surface area contributed by atoms with Crippen molar-refractivity contribution in [2.45, 2.75) is 43.9 Å². The Kier molecular flexibility index (Phi) is 2.80. The van der Waals surface area contributed by atoms with Crippen LogP contribution in [0.15, 0.2) is 46.1 Å². The Morgan fingerprint density at radius 1 is 1.22 bits per heavy atom. The fraction of sp³-hybridized carbons (Fsp3) is 0.389. The van der Waals surface area contributed by atoms with Gasteiger partial charge in [-0.2, -0.15) is 5.10 Å². The molecule has 1 aliphatic carbocycles. The van der Waals surface area contributed by atoms with E-state index < -0.39 is 0 Å². The summed E-state index contributed by atoms with van der Waals surface area (Å²) in [5.41, 5.74) is 1.81. The number of benzene rings is 1. The fourth-order valence-electron chi connectivity index (χ4n) is 4.10. The summed E-state index contributed by atoms with van der Waals surface area (Å²) in [5.74, 6) is 1.80. The third-order valence-corrected chi connectivity index (χ3v) is 5.38. The minimum atomic E-state index is -0.306. The molecule has 3 aliphatic rings. The SMILES string of the molecule is Clc1ccc2c(c1)C1CC(c3ccco3)=NN1C1(CCCC1)O2. The van der Waals surface area contributed by atoms with Crippen molar-refractivity contribution in [3.05, 3.63) is 52.9 Å². The van der Waals surface area contributed by atoms with Gasteiger partial charge >= 0.3 is 0 Å². The number of furan rings is 1. The Hall–Kier alpha value is -1.94. The first-order valence-corrected chi connectivity index (χ1v) is 8.52. The molecule has 0 amide bonds. The van der Waals surface area contributed by atoms with E-state index in [1.54, 1.807) is 6.26 Å². The molecule has 1 unspecified atom stereocenters. The zero-order chi connectivity index (χ0) is 15.4. The van der Waals surface area contributed by atoms with Gasteiger partial charge in [-0.25, -0.2) is 5.01 Å². The molecule has 2 aromatic rings. The third-order valence-electron chi connectivity index (χ3n) is 5.15. The van der Waals surface area contributed by atoms with Crippen molar-refractivity contribution in [1.29, 1.82) is 0 Å². The quantitative estimate of drug-likeness (QED) is 0.758. The van der Waals surface area contributed by atoms with Gasteiger partial charge in [-0.15, -0.1) is 0 Å². The number of hydrogen-bond acceptors (Lipinski definition) is 4. The Bertz CT molecular complexity index is 778. The molecule has 23 heavy (non-hydrogen) atoms. The summed E-state index contributed by atoms with van der Waals surface area (Å²) in [6.45, 7) is 0. The summed E-state index contributed by atoms with van der Waals surface area (Å²) in [5, 5.41) is 7.82. The van der Waals surface area contributed by atoms with Gasteiger partial charge in [-0.3, -0.25) is 0 Å². The van der Waals surface area contributed by atoms with E-state index in [1.807, 2.05) is 30.3 Å². The molecule has 0 bridgehead atoms. The number of rotatable bonds is 1. The van der Waals surface area contributed by atoms with Gasteiger partial charge in [0.1, 0.15) is 17.2 Å². The topological polar surface area (TPSA) is 38.0 Å². The van der Waals surface area contributed by atoms with Gasteiger partial charge < -0.3 is 9.15 Å². The monoisotopic (exact) mass is 328 g/mol. The second-order valence-corrected chi connectivity index (χ2v) is 6.96. The van der Waals surface area contributed by atoms with Crippen molar-refractivity contribution in [2.24, 2.45) is 5.10 Å². The first-order valence-electron chi connectivity index (χ1n) is 8.14. The van der Waals surface area contributed by atoms with E-state index in [0.29, 0.717) is 0 Å². The molecule has 0 radical (unpaired) electrons. The predicted octanol–water partition coefficient (Wildman–Crippen LogP) is 4.75. The number of halogens is 1. The zero-order valence-electron chi connectivity index (χ0n) is 12.7. The first kappa shape index (κ1) is 13.5. The lowest BCUT2D eigenvalue weighted by atomic mass is 9.95. The van der Waals surface area contributed by atoms with Crippen LogP contribution in [0.5, 0.6) is 5.75 Å². The average Bonchev–Trinajstić information content (AvgIpc) is 3.28. The standard InChI is InChI=1S/C18H17ClN2O2/c19-12-5-6-16-13(10-12)15-11-14(17-4-3-9-22-17)20-21(15)18(23-16)7-1-2-8-18/h3-6,9-10,15H,1-2,7-8,11H2. The van der Waals surface area contributed by atoms with Crippen LogP contribution in [-0.4, -0.2) is 16.4 Å². The van der Waals surface area contributed by atoms with Gasteiger partial charge in [0.15, 0.2) is 5.72 Å². The van der Waals surface area contributed by atoms with E-state index in [2.05, 4.69) is 5.01 Å². The maximum Gasteiger partial charge on any atom is 0.198 e. The molecule has 1 aromatic heterocycles. The number of fused-ring (bicyclic) bond motifs is 4. The molecule has 1 saturated carbocycles. The molecule has 1 aromatic carbocycles. The number of hydrogen-bond donors (Lipinski definition) is 0. The van der Waals surface area contributed by atoms with E-state index in [9.17, 15) is 0 Å². The predicted molar refractivity (Wildman–Crippen MR) is 87.7 cm³/mol. The smallest absolute Gasteiger partial charge is 0.198 e. The van der Waals surface area contributed by atoms with Crippen molar-refractivity contribution in [2.75, 3.05) is 0 Å². The second kappa shape index (κ2) is 4.78. The van der Waals surface area contributed by atoms with Crippen LogP contribution in [-0.2, 0) is 0 Å². The lowest BCUT2D eigenvalue weighted by molar-refractivity contribution is -0.114. The number of ether oxygens (including phenoxy) is 1. The Morgan fingerprint density at radius 2 is 2.09 bits per heavy atom. The Morgan fingerprint density at radius 3 is 2.87 bits per heavy atom. The average molecular weight is 329 g/mol. The molecule has 3 heterocycles. The minimum Gasteiger partial charge on any atom is -0.466 e. The van der Waals surface area contributed by atoms with Crippen LogP contribution in [0.1, 0.15) is 49.5 Å². The van der Waals surface area contributed by atoms with Gasteiger partial charge in [-0.1, -0.05) is 11.6 Å². The molecule has 2 aliphatic heterocycles. The van der Waals surface area contributed by atoms with E-state index in [0.717, 1.165) is 47.1 Å². The maximum atomic E-state index is 6.44. The van der Waals surface area contributed by atoms with Crippen LogP contribution >= 0.6 is 11.6 Å². The molecule has 118 valence electrons. The molecule has 5 heteroatoms. The normalized spacial score (nSPS) is 24.3. The second-order valence-electron chi connectivity index (χ2n) is 6.53.